The van der Waals surface area contributed by atoms with Gasteiger partial charge >= 0.3 is 0 Å². The molecule has 0 aliphatic carbocycles. The highest BCUT2D eigenvalue weighted by molar-refractivity contribution is 9.10. The monoisotopic (exact) mass is 363 g/mol. The maximum Gasteiger partial charge on any atom is 0.136 e. The lowest BCUT2D eigenvalue weighted by atomic mass is 10.2. The Balaban J connectivity index is 2.00. The van der Waals surface area contributed by atoms with Crippen molar-refractivity contribution in [2.75, 3.05) is 14.2 Å². The Hall–Kier alpha value is -1.59. The fourth-order valence-corrected chi connectivity index (χ4v) is 3.50. The smallest absolute Gasteiger partial charge is 0.136 e. The summed E-state index contributed by atoms with van der Waals surface area (Å²) in [6, 6.07) is 12.1. The first-order valence-electron chi connectivity index (χ1n) is 6.38. The van der Waals surface area contributed by atoms with E-state index in [1.165, 1.54) is 5.39 Å². The molecule has 21 heavy (non-hydrogen) atoms. The molecule has 0 fully saturated rings. The topological polar surface area (TPSA) is 34.2 Å². The van der Waals surface area contributed by atoms with Crippen molar-refractivity contribution >= 4 is 38.6 Å². The van der Waals surface area contributed by atoms with Gasteiger partial charge in [-0.05, 0) is 30.3 Å². The minimum atomic E-state index is 0.790. The van der Waals surface area contributed by atoms with Crippen molar-refractivity contribution in [3.05, 3.63) is 47.1 Å². The van der Waals surface area contributed by atoms with Crippen LogP contribution in [0.1, 0.15) is 0 Å². The lowest BCUT2D eigenvalue weighted by Crippen LogP contribution is -1.88. The molecule has 3 aromatic rings. The molecule has 1 heterocycles. The summed E-state index contributed by atoms with van der Waals surface area (Å²) in [4.78, 5) is 5.51. The zero-order valence-corrected chi connectivity index (χ0v) is 14.0. The summed E-state index contributed by atoms with van der Waals surface area (Å²) < 4.78 is 11.8. The highest BCUT2D eigenvalue weighted by atomic mass is 79.9. The van der Waals surface area contributed by atoms with Gasteiger partial charge < -0.3 is 14.5 Å². The minimum Gasteiger partial charge on any atom is -0.497 e. The van der Waals surface area contributed by atoms with Crippen LogP contribution < -0.4 is 9.47 Å². The molecule has 1 aromatic heterocycles. The summed E-state index contributed by atoms with van der Waals surface area (Å²) in [6.45, 7) is 0. The third kappa shape index (κ3) is 2.89. The van der Waals surface area contributed by atoms with E-state index in [0.717, 1.165) is 31.3 Å². The van der Waals surface area contributed by atoms with E-state index in [0.29, 0.717) is 0 Å². The maximum absolute atomic E-state index is 5.45. The number of halogens is 1. The molecule has 3 nitrogen and oxygen atoms in total. The van der Waals surface area contributed by atoms with Crippen molar-refractivity contribution in [3.63, 3.8) is 0 Å². The number of rotatable bonds is 4. The van der Waals surface area contributed by atoms with Crippen LogP contribution in [-0.2, 0) is 0 Å². The second-order valence-electron chi connectivity index (χ2n) is 4.46. The molecule has 0 atom stereocenters. The summed E-state index contributed by atoms with van der Waals surface area (Å²) in [5, 5.41) is 1.19. The molecule has 0 spiro atoms. The van der Waals surface area contributed by atoms with Crippen molar-refractivity contribution < 1.29 is 9.47 Å². The molecule has 3 rings (SSSR count). The van der Waals surface area contributed by atoms with E-state index in [-0.39, 0.29) is 0 Å². The fraction of sp³-hybridized carbons (Fsp3) is 0.125. The molecule has 0 aliphatic rings. The highest BCUT2D eigenvalue weighted by Crippen LogP contribution is 2.40. The largest absolute Gasteiger partial charge is 0.497 e. The molecule has 0 unspecified atom stereocenters. The number of hydrogen-bond donors (Lipinski definition) is 1. The van der Waals surface area contributed by atoms with Gasteiger partial charge in [-0.1, -0.05) is 27.7 Å². The van der Waals surface area contributed by atoms with Crippen molar-refractivity contribution in [1.82, 2.24) is 4.98 Å². The molecule has 5 heteroatoms. The summed E-state index contributed by atoms with van der Waals surface area (Å²) in [6.07, 6.45) is 2.02. The van der Waals surface area contributed by atoms with Gasteiger partial charge in [0.2, 0.25) is 0 Å². The lowest BCUT2D eigenvalue weighted by molar-refractivity contribution is 0.387. The molecular weight excluding hydrogens is 350 g/mol. The Morgan fingerprint density at radius 2 is 1.86 bits per heavy atom. The number of nitrogens with one attached hydrogen (secondary N) is 1. The fourth-order valence-electron chi connectivity index (χ4n) is 2.13. The van der Waals surface area contributed by atoms with Crippen molar-refractivity contribution in [2.45, 2.75) is 9.79 Å². The Bertz CT molecular complexity index is 785. The van der Waals surface area contributed by atoms with Crippen molar-refractivity contribution in [3.8, 4) is 11.5 Å². The number of aromatic nitrogens is 1. The molecule has 0 saturated carbocycles. The standard InChI is InChI=1S/C16H14BrNO2S/c1-19-11-4-6-15(14(8-11)20-2)21-16-9-18-13-5-3-10(17)7-12(13)16/h3-9,18H,1-2H3. The number of benzene rings is 2. The molecule has 0 radical (unpaired) electrons. The van der Waals surface area contributed by atoms with Gasteiger partial charge in [0, 0.05) is 32.5 Å². The van der Waals surface area contributed by atoms with Gasteiger partial charge in [0.05, 0.1) is 19.1 Å². The molecule has 2 aromatic carbocycles. The van der Waals surface area contributed by atoms with E-state index in [2.05, 4.69) is 33.0 Å². The van der Waals surface area contributed by atoms with Crippen molar-refractivity contribution in [2.24, 2.45) is 0 Å². The van der Waals surface area contributed by atoms with Gasteiger partial charge in [-0.2, -0.15) is 0 Å². The minimum absolute atomic E-state index is 0.790. The van der Waals surface area contributed by atoms with Crippen LogP contribution in [-0.4, -0.2) is 19.2 Å². The molecule has 0 aliphatic heterocycles. The Morgan fingerprint density at radius 3 is 2.62 bits per heavy atom. The first-order chi connectivity index (χ1) is 10.2. The van der Waals surface area contributed by atoms with E-state index in [1.807, 2.05) is 30.5 Å². The zero-order chi connectivity index (χ0) is 14.8. The van der Waals surface area contributed by atoms with Crippen LogP contribution in [0, 0.1) is 0 Å². The predicted octanol–water partition coefficient (Wildman–Crippen LogP) is 5.10. The Labute approximate surface area is 135 Å². The third-order valence-electron chi connectivity index (χ3n) is 3.20. The summed E-state index contributed by atoms with van der Waals surface area (Å²) >= 11 is 5.19. The first-order valence-corrected chi connectivity index (χ1v) is 7.98. The number of fused-ring (bicyclic) bond motifs is 1. The van der Waals surface area contributed by atoms with Crippen LogP contribution in [0.15, 0.2) is 56.9 Å². The summed E-state index contributed by atoms with van der Waals surface area (Å²) in [5.41, 5.74) is 1.12. The van der Waals surface area contributed by atoms with Crippen LogP contribution in [0.25, 0.3) is 10.9 Å². The summed E-state index contributed by atoms with van der Waals surface area (Å²) in [7, 11) is 3.32. The number of hydrogen-bond acceptors (Lipinski definition) is 3. The predicted molar refractivity (Wildman–Crippen MR) is 89.7 cm³/mol. The van der Waals surface area contributed by atoms with Gasteiger partial charge in [-0.15, -0.1) is 0 Å². The number of aromatic amines is 1. The molecule has 0 saturated heterocycles. The van der Waals surface area contributed by atoms with Gasteiger partial charge in [0.1, 0.15) is 11.5 Å². The molecule has 108 valence electrons. The first kappa shape index (κ1) is 14.4. The van der Waals surface area contributed by atoms with E-state index >= 15 is 0 Å². The van der Waals surface area contributed by atoms with E-state index < -0.39 is 0 Å². The average Bonchev–Trinajstić information content (AvgIpc) is 2.90. The van der Waals surface area contributed by atoms with Crippen LogP contribution >= 0.6 is 27.7 Å². The number of H-pyrrole nitrogens is 1. The van der Waals surface area contributed by atoms with Crippen LogP contribution in [0.3, 0.4) is 0 Å². The second-order valence-corrected chi connectivity index (χ2v) is 6.46. The normalized spacial score (nSPS) is 10.8. The summed E-state index contributed by atoms with van der Waals surface area (Å²) in [5.74, 6) is 1.60. The molecule has 0 amide bonds. The van der Waals surface area contributed by atoms with Gasteiger partial charge in [-0.25, -0.2) is 0 Å². The van der Waals surface area contributed by atoms with Crippen LogP contribution in [0.4, 0.5) is 0 Å². The third-order valence-corrected chi connectivity index (χ3v) is 4.80. The zero-order valence-electron chi connectivity index (χ0n) is 11.6. The maximum atomic E-state index is 5.45. The van der Waals surface area contributed by atoms with Crippen LogP contribution in [0.5, 0.6) is 11.5 Å². The molecular formula is C16H14BrNO2S. The lowest BCUT2D eigenvalue weighted by Gasteiger charge is -2.09. The molecule has 1 N–H and O–H groups in total. The number of ether oxygens (including phenoxy) is 2. The highest BCUT2D eigenvalue weighted by Gasteiger charge is 2.10. The van der Waals surface area contributed by atoms with Gasteiger partial charge in [-0.3, -0.25) is 0 Å². The van der Waals surface area contributed by atoms with E-state index in [9.17, 15) is 0 Å². The number of methoxy groups -OCH3 is 2. The second kappa shape index (κ2) is 6.03. The van der Waals surface area contributed by atoms with Gasteiger partial charge in [0.25, 0.3) is 0 Å². The Kier molecular flexibility index (Phi) is 4.12. The Morgan fingerprint density at radius 1 is 1.00 bits per heavy atom. The SMILES string of the molecule is COc1ccc(Sc2c[nH]c3ccc(Br)cc23)c(OC)c1. The van der Waals surface area contributed by atoms with E-state index in [1.54, 1.807) is 26.0 Å². The average molecular weight is 364 g/mol. The molecule has 0 bridgehead atoms. The van der Waals surface area contributed by atoms with Crippen molar-refractivity contribution in [1.29, 1.82) is 0 Å². The van der Waals surface area contributed by atoms with Crippen LogP contribution in [0.2, 0.25) is 0 Å². The van der Waals surface area contributed by atoms with Gasteiger partial charge in [0.15, 0.2) is 0 Å². The quantitative estimate of drug-likeness (QED) is 0.700. The van der Waals surface area contributed by atoms with E-state index in [4.69, 9.17) is 9.47 Å².